The third-order valence-electron chi connectivity index (χ3n) is 6.12. The first-order chi connectivity index (χ1) is 16.7. The minimum absolute atomic E-state index is 0.147. The summed E-state index contributed by atoms with van der Waals surface area (Å²) >= 11 is 0. The van der Waals surface area contributed by atoms with Gasteiger partial charge in [-0.05, 0) is 30.0 Å². The number of hydrogen-bond acceptors (Lipinski definition) is 4. The van der Waals surface area contributed by atoms with Gasteiger partial charge in [-0.1, -0.05) is 97.1 Å². The van der Waals surface area contributed by atoms with Crippen LogP contribution in [-0.2, 0) is 38.8 Å². The van der Waals surface area contributed by atoms with E-state index in [0.717, 1.165) is 16.7 Å². The predicted molar refractivity (Wildman–Crippen MR) is 134 cm³/mol. The van der Waals surface area contributed by atoms with Gasteiger partial charge in [0, 0.05) is 0 Å². The molecule has 5 atom stereocenters. The van der Waals surface area contributed by atoms with Crippen LogP contribution >= 0.6 is 0 Å². The zero-order valence-electron chi connectivity index (χ0n) is 19.8. The molecular formula is C30H34O4. The molecule has 4 rings (SSSR count). The molecule has 3 aromatic carbocycles. The first kappa shape index (κ1) is 24.4. The van der Waals surface area contributed by atoms with Gasteiger partial charge in [0.05, 0.1) is 32.0 Å². The van der Waals surface area contributed by atoms with Gasteiger partial charge in [-0.3, -0.25) is 0 Å². The van der Waals surface area contributed by atoms with E-state index in [1.54, 1.807) is 0 Å². The van der Waals surface area contributed by atoms with Crippen molar-refractivity contribution in [2.75, 3.05) is 0 Å². The Morgan fingerprint density at radius 2 is 1.06 bits per heavy atom. The lowest BCUT2D eigenvalue weighted by atomic mass is 9.93. The summed E-state index contributed by atoms with van der Waals surface area (Å²) in [6.45, 7) is 7.44. The Labute approximate surface area is 203 Å². The highest BCUT2D eigenvalue weighted by molar-refractivity contribution is 5.15. The first-order valence-electron chi connectivity index (χ1n) is 12.0. The van der Waals surface area contributed by atoms with Crippen molar-refractivity contribution < 1.29 is 18.9 Å². The molecule has 1 fully saturated rings. The molecule has 0 aliphatic carbocycles. The second-order valence-electron chi connectivity index (χ2n) is 8.69. The minimum Gasteiger partial charge on any atom is -0.369 e. The van der Waals surface area contributed by atoms with E-state index in [-0.39, 0.29) is 30.5 Å². The van der Waals surface area contributed by atoms with Crippen molar-refractivity contribution >= 4 is 0 Å². The summed E-state index contributed by atoms with van der Waals surface area (Å²) in [5.41, 5.74) is 3.35. The normalized spacial score (nSPS) is 24.6. The second-order valence-corrected chi connectivity index (χ2v) is 8.69. The summed E-state index contributed by atoms with van der Waals surface area (Å²) < 4.78 is 25.9. The van der Waals surface area contributed by atoms with Crippen LogP contribution in [0.5, 0.6) is 0 Å². The van der Waals surface area contributed by atoms with Gasteiger partial charge in [0.25, 0.3) is 0 Å². The summed E-state index contributed by atoms with van der Waals surface area (Å²) in [5, 5.41) is 0. The Balaban J connectivity index is 1.55. The molecule has 0 bridgehead atoms. The van der Waals surface area contributed by atoms with Crippen molar-refractivity contribution in [1.29, 1.82) is 0 Å². The smallest absolute Gasteiger partial charge is 0.115 e. The van der Waals surface area contributed by atoms with Crippen LogP contribution in [0.4, 0.5) is 0 Å². The van der Waals surface area contributed by atoms with E-state index in [9.17, 15) is 0 Å². The quantitative estimate of drug-likeness (QED) is 0.325. The lowest BCUT2D eigenvalue weighted by Crippen LogP contribution is -2.59. The van der Waals surface area contributed by atoms with E-state index in [4.69, 9.17) is 18.9 Å². The van der Waals surface area contributed by atoms with Crippen LogP contribution < -0.4 is 0 Å². The third kappa shape index (κ3) is 6.64. The van der Waals surface area contributed by atoms with Gasteiger partial charge in [-0.2, -0.15) is 0 Å². The molecular weight excluding hydrogens is 424 g/mol. The van der Waals surface area contributed by atoms with Crippen LogP contribution in [0.15, 0.2) is 104 Å². The Kier molecular flexibility index (Phi) is 9.05. The Morgan fingerprint density at radius 1 is 0.647 bits per heavy atom. The zero-order chi connectivity index (χ0) is 23.6. The molecule has 3 aromatic rings. The number of benzene rings is 3. The van der Waals surface area contributed by atoms with Gasteiger partial charge in [0.1, 0.15) is 18.3 Å². The fourth-order valence-corrected chi connectivity index (χ4v) is 4.37. The van der Waals surface area contributed by atoms with Gasteiger partial charge < -0.3 is 18.9 Å². The molecule has 1 aliphatic heterocycles. The van der Waals surface area contributed by atoms with E-state index in [1.165, 1.54) is 0 Å². The Hall–Kier alpha value is -2.76. The highest BCUT2D eigenvalue weighted by Gasteiger charge is 2.46. The first-order valence-corrected chi connectivity index (χ1v) is 12.0. The zero-order valence-corrected chi connectivity index (χ0v) is 19.8. The molecule has 0 saturated carbocycles. The largest absolute Gasteiger partial charge is 0.369 e. The maximum atomic E-state index is 6.55. The minimum atomic E-state index is -0.293. The molecule has 4 nitrogen and oxygen atoms in total. The van der Waals surface area contributed by atoms with Crippen molar-refractivity contribution in [2.24, 2.45) is 0 Å². The van der Waals surface area contributed by atoms with Crippen molar-refractivity contribution in [3.8, 4) is 0 Å². The van der Waals surface area contributed by atoms with Crippen LogP contribution in [-0.4, -0.2) is 30.5 Å². The van der Waals surface area contributed by atoms with E-state index in [2.05, 4.69) is 49.9 Å². The highest BCUT2D eigenvalue weighted by Crippen LogP contribution is 2.31. The average Bonchev–Trinajstić information content (AvgIpc) is 2.88. The fourth-order valence-electron chi connectivity index (χ4n) is 4.37. The molecule has 0 unspecified atom stereocenters. The van der Waals surface area contributed by atoms with Crippen molar-refractivity contribution in [3.05, 3.63) is 120 Å². The SMILES string of the molecule is C=CC[C@@H]1O[C@H](C)[C@H](OCc2ccccc2)[C@H](OCc2ccccc2)[C@H]1OCc1ccccc1. The molecule has 0 amide bonds. The fraction of sp³-hybridized carbons (Fsp3) is 0.333. The predicted octanol–water partition coefficient (Wildman–Crippen LogP) is 6.11. The third-order valence-corrected chi connectivity index (χ3v) is 6.12. The molecule has 0 aromatic heterocycles. The standard InChI is InChI=1S/C30H34O4/c1-3-13-27-29(32-21-25-16-9-5-10-17-25)30(33-22-26-18-11-6-12-19-26)28(23(2)34-27)31-20-24-14-7-4-8-15-24/h3-12,14-19,23,27-30H,1,13,20-22H2,2H3/t23-,27+,28+,29+,30+/m1/s1. The lowest BCUT2D eigenvalue weighted by Gasteiger charge is -2.45. The van der Waals surface area contributed by atoms with Crippen molar-refractivity contribution in [2.45, 2.75) is 63.7 Å². The summed E-state index contributed by atoms with van der Waals surface area (Å²) in [6.07, 6.45) is 1.40. The van der Waals surface area contributed by atoms with Crippen LogP contribution in [0.1, 0.15) is 30.0 Å². The summed E-state index contributed by atoms with van der Waals surface area (Å²) in [5.74, 6) is 0. The summed E-state index contributed by atoms with van der Waals surface area (Å²) in [6, 6.07) is 30.6. The lowest BCUT2D eigenvalue weighted by molar-refractivity contribution is -0.260. The van der Waals surface area contributed by atoms with E-state index < -0.39 is 0 Å². The van der Waals surface area contributed by atoms with Crippen molar-refractivity contribution in [3.63, 3.8) is 0 Å². The van der Waals surface area contributed by atoms with Crippen LogP contribution in [0, 0.1) is 0 Å². The topological polar surface area (TPSA) is 36.9 Å². The molecule has 1 heterocycles. The number of hydrogen-bond donors (Lipinski definition) is 0. The van der Waals surface area contributed by atoms with E-state index >= 15 is 0 Å². The van der Waals surface area contributed by atoms with Gasteiger partial charge in [0.15, 0.2) is 0 Å². The van der Waals surface area contributed by atoms with E-state index in [0.29, 0.717) is 26.2 Å². The molecule has 1 aliphatic rings. The molecule has 0 radical (unpaired) electrons. The maximum absolute atomic E-state index is 6.55. The number of ether oxygens (including phenoxy) is 4. The Bertz CT molecular complexity index is 976. The molecule has 4 heteroatoms. The summed E-state index contributed by atoms with van der Waals surface area (Å²) in [7, 11) is 0. The second kappa shape index (κ2) is 12.6. The van der Waals surface area contributed by atoms with Gasteiger partial charge >= 0.3 is 0 Å². The molecule has 0 N–H and O–H groups in total. The molecule has 1 saturated heterocycles. The van der Waals surface area contributed by atoms with Gasteiger partial charge in [-0.15, -0.1) is 6.58 Å². The van der Waals surface area contributed by atoms with Crippen LogP contribution in [0.3, 0.4) is 0 Å². The van der Waals surface area contributed by atoms with Gasteiger partial charge in [-0.25, -0.2) is 0 Å². The van der Waals surface area contributed by atoms with Crippen LogP contribution in [0.25, 0.3) is 0 Å². The molecule has 0 spiro atoms. The monoisotopic (exact) mass is 458 g/mol. The maximum Gasteiger partial charge on any atom is 0.115 e. The molecule has 34 heavy (non-hydrogen) atoms. The van der Waals surface area contributed by atoms with Crippen molar-refractivity contribution in [1.82, 2.24) is 0 Å². The Morgan fingerprint density at radius 3 is 1.50 bits per heavy atom. The highest BCUT2D eigenvalue weighted by atomic mass is 16.6. The van der Waals surface area contributed by atoms with E-state index in [1.807, 2.05) is 60.7 Å². The number of rotatable bonds is 11. The summed E-state index contributed by atoms with van der Waals surface area (Å²) in [4.78, 5) is 0. The molecule has 178 valence electrons. The average molecular weight is 459 g/mol. The van der Waals surface area contributed by atoms with Gasteiger partial charge in [0.2, 0.25) is 0 Å². The van der Waals surface area contributed by atoms with Crippen LogP contribution in [0.2, 0.25) is 0 Å².